The summed E-state index contributed by atoms with van der Waals surface area (Å²) in [6.07, 6.45) is -0.161. The molecule has 0 fully saturated rings. The molecule has 0 heterocycles. The minimum absolute atomic E-state index is 0.161. The summed E-state index contributed by atoms with van der Waals surface area (Å²) in [7, 11) is 0. The topological polar surface area (TPSA) is 67.4 Å². The molecule has 1 atom stereocenters. The van der Waals surface area contributed by atoms with Gasteiger partial charge in [0.2, 0.25) is 0 Å². The number of halogens is 2. The van der Waals surface area contributed by atoms with Crippen molar-refractivity contribution in [2.45, 2.75) is 13.0 Å². The van der Waals surface area contributed by atoms with Crippen LogP contribution in [0, 0.1) is 11.6 Å². The molecule has 7 heteroatoms. The number of carbonyl (C=O) groups is 2. The predicted octanol–water partition coefficient (Wildman–Crippen LogP) is 5.07. The van der Waals surface area contributed by atoms with Crippen LogP contribution in [0.1, 0.15) is 28.9 Å². The number of nitrogens with one attached hydrogen (secondary N) is 2. The highest BCUT2D eigenvalue weighted by molar-refractivity contribution is 6.08. The molecule has 0 aliphatic rings. The fourth-order valence-corrected chi connectivity index (χ4v) is 2.66. The van der Waals surface area contributed by atoms with Gasteiger partial charge in [0.15, 0.2) is 0 Å². The molecule has 29 heavy (non-hydrogen) atoms. The molecule has 3 amide bonds. The fourth-order valence-electron chi connectivity index (χ4n) is 2.66. The van der Waals surface area contributed by atoms with E-state index in [0.717, 1.165) is 23.8 Å². The van der Waals surface area contributed by atoms with Crippen LogP contribution in [0.4, 0.5) is 19.3 Å². The molecule has 0 saturated heterocycles. The zero-order valence-electron chi connectivity index (χ0n) is 15.5. The van der Waals surface area contributed by atoms with E-state index >= 15 is 0 Å². The van der Waals surface area contributed by atoms with Crippen molar-refractivity contribution >= 4 is 17.6 Å². The molecule has 0 radical (unpaired) electrons. The molecule has 0 saturated carbocycles. The van der Waals surface area contributed by atoms with Crippen LogP contribution in [-0.4, -0.2) is 11.9 Å². The second-order valence-electron chi connectivity index (χ2n) is 6.20. The van der Waals surface area contributed by atoms with E-state index in [2.05, 4.69) is 5.32 Å². The van der Waals surface area contributed by atoms with Gasteiger partial charge in [-0.25, -0.2) is 13.6 Å². The van der Waals surface area contributed by atoms with Crippen molar-refractivity contribution in [3.63, 3.8) is 0 Å². The van der Waals surface area contributed by atoms with Gasteiger partial charge in [-0.3, -0.25) is 10.1 Å². The SMILES string of the molecule is CC(Oc1ccc(NC(=O)NC(=O)c2c(F)cccc2F)cc1)c1ccccc1. The summed E-state index contributed by atoms with van der Waals surface area (Å²) in [5.74, 6) is -2.68. The van der Waals surface area contributed by atoms with Crippen LogP contribution >= 0.6 is 0 Å². The Balaban J connectivity index is 1.58. The van der Waals surface area contributed by atoms with Gasteiger partial charge in [-0.2, -0.15) is 0 Å². The number of hydrogen-bond acceptors (Lipinski definition) is 3. The Hall–Kier alpha value is -3.74. The van der Waals surface area contributed by atoms with Crippen molar-refractivity contribution in [2.75, 3.05) is 5.32 Å². The summed E-state index contributed by atoms with van der Waals surface area (Å²) >= 11 is 0. The molecule has 0 aliphatic carbocycles. The Bertz CT molecular complexity index is 988. The third-order valence-electron chi connectivity index (χ3n) is 4.11. The number of carbonyl (C=O) groups excluding carboxylic acids is 2. The Morgan fingerprint density at radius 3 is 2.10 bits per heavy atom. The number of anilines is 1. The minimum atomic E-state index is -1.17. The van der Waals surface area contributed by atoms with Crippen molar-refractivity contribution in [2.24, 2.45) is 0 Å². The zero-order chi connectivity index (χ0) is 20.8. The van der Waals surface area contributed by atoms with E-state index in [1.54, 1.807) is 24.3 Å². The van der Waals surface area contributed by atoms with E-state index in [4.69, 9.17) is 4.74 Å². The monoisotopic (exact) mass is 396 g/mol. The first kappa shape index (κ1) is 20.0. The first-order valence-corrected chi connectivity index (χ1v) is 8.82. The molecular formula is C22H18F2N2O3. The number of urea groups is 1. The van der Waals surface area contributed by atoms with Crippen molar-refractivity contribution in [1.29, 1.82) is 0 Å². The largest absolute Gasteiger partial charge is 0.486 e. The van der Waals surface area contributed by atoms with Gasteiger partial charge in [-0.05, 0) is 48.9 Å². The van der Waals surface area contributed by atoms with Crippen LogP contribution in [0.2, 0.25) is 0 Å². The maximum Gasteiger partial charge on any atom is 0.326 e. The highest BCUT2D eigenvalue weighted by Gasteiger charge is 2.19. The first-order chi connectivity index (χ1) is 13.9. The van der Waals surface area contributed by atoms with Crippen molar-refractivity contribution in [3.8, 4) is 5.75 Å². The minimum Gasteiger partial charge on any atom is -0.486 e. The molecule has 148 valence electrons. The Morgan fingerprint density at radius 2 is 1.48 bits per heavy atom. The molecular weight excluding hydrogens is 378 g/mol. The van der Waals surface area contributed by atoms with Gasteiger partial charge in [0.25, 0.3) is 5.91 Å². The van der Waals surface area contributed by atoms with Gasteiger partial charge in [0, 0.05) is 5.69 Å². The number of benzene rings is 3. The van der Waals surface area contributed by atoms with Crippen LogP contribution in [0.25, 0.3) is 0 Å². The second-order valence-corrected chi connectivity index (χ2v) is 6.20. The summed E-state index contributed by atoms with van der Waals surface area (Å²) in [5, 5.41) is 4.32. The van der Waals surface area contributed by atoms with Gasteiger partial charge in [0.1, 0.15) is 29.1 Å². The van der Waals surface area contributed by atoms with Gasteiger partial charge >= 0.3 is 6.03 Å². The lowest BCUT2D eigenvalue weighted by molar-refractivity contribution is 0.0959. The third kappa shape index (κ3) is 5.16. The van der Waals surface area contributed by atoms with Crippen LogP contribution in [0.15, 0.2) is 72.8 Å². The third-order valence-corrected chi connectivity index (χ3v) is 4.11. The molecule has 0 bridgehead atoms. The molecule has 0 aromatic heterocycles. The lowest BCUT2D eigenvalue weighted by atomic mass is 10.1. The van der Waals surface area contributed by atoms with E-state index in [0.29, 0.717) is 11.4 Å². The van der Waals surface area contributed by atoms with Crippen molar-refractivity contribution < 1.29 is 23.1 Å². The Kier molecular flexibility index (Phi) is 6.19. The van der Waals surface area contributed by atoms with E-state index in [9.17, 15) is 18.4 Å². The summed E-state index contributed by atoms with van der Waals surface area (Å²) < 4.78 is 33.0. The fraction of sp³-hybridized carbons (Fsp3) is 0.0909. The molecule has 0 aliphatic heterocycles. The van der Waals surface area contributed by atoms with E-state index in [1.165, 1.54) is 0 Å². The maximum atomic E-state index is 13.6. The van der Waals surface area contributed by atoms with E-state index in [1.807, 2.05) is 42.6 Å². The normalized spacial score (nSPS) is 11.4. The van der Waals surface area contributed by atoms with Crippen LogP contribution in [0.3, 0.4) is 0 Å². The quantitative estimate of drug-likeness (QED) is 0.633. The van der Waals surface area contributed by atoms with Crippen LogP contribution < -0.4 is 15.4 Å². The number of imide groups is 1. The van der Waals surface area contributed by atoms with Crippen molar-refractivity contribution in [3.05, 3.63) is 95.6 Å². The molecule has 3 aromatic carbocycles. The van der Waals surface area contributed by atoms with Crippen LogP contribution in [0.5, 0.6) is 5.75 Å². The highest BCUT2D eigenvalue weighted by atomic mass is 19.1. The first-order valence-electron chi connectivity index (χ1n) is 8.82. The van der Waals surface area contributed by atoms with Gasteiger partial charge in [-0.1, -0.05) is 36.4 Å². The summed E-state index contributed by atoms with van der Waals surface area (Å²) in [6.45, 7) is 1.92. The molecule has 3 rings (SSSR count). The molecule has 2 N–H and O–H groups in total. The smallest absolute Gasteiger partial charge is 0.326 e. The zero-order valence-corrected chi connectivity index (χ0v) is 15.5. The van der Waals surface area contributed by atoms with E-state index < -0.39 is 29.1 Å². The average Bonchev–Trinajstić information content (AvgIpc) is 2.70. The molecule has 0 spiro atoms. The maximum absolute atomic E-state index is 13.6. The standard InChI is InChI=1S/C22H18F2N2O3/c1-14(15-6-3-2-4-7-15)29-17-12-10-16(11-13-17)25-22(28)26-21(27)20-18(23)8-5-9-19(20)24/h2-14H,1H3,(H2,25,26,27,28). The van der Waals surface area contributed by atoms with E-state index in [-0.39, 0.29) is 6.10 Å². The van der Waals surface area contributed by atoms with Gasteiger partial charge in [-0.15, -0.1) is 0 Å². The summed E-state index contributed by atoms with van der Waals surface area (Å²) in [5.41, 5.74) is 0.582. The Morgan fingerprint density at radius 1 is 0.862 bits per heavy atom. The number of hydrogen-bond donors (Lipinski definition) is 2. The highest BCUT2D eigenvalue weighted by Crippen LogP contribution is 2.23. The predicted molar refractivity (Wildman–Crippen MR) is 105 cm³/mol. The number of ether oxygens (including phenoxy) is 1. The average molecular weight is 396 g/mol. The Labute approximate surface area is 166 Å². The summed E-state index contributed by atoms with van der Waals surface area (Å²) in [6, 6.07) is 18.3. The summed E-state index contributed by atoms with van der Waals surface area (Å²) in [4.78, 5) is 23.9. The molecule has 1 unspecified atom stereocenters. The van der Waals surface area contributed by atoms with Gasteiger partial charge < -0.3 is 10.1 Å². The lowest BCUT2D eigenvalue weighted by Crippen LogP contribution is -2.35. The van der Waals surface area contributed by atoms with Crippen molar-refractivity contribution in [1.82, 2.24) is 5.32 Å². The molecule has 3 aromatic rings. The number of rotatable bonds is 5. The second kappa shape index (κ2) is 8.97. The lowest BCUT2D eigenvalue weighted by Gasteiger charge is -2.15. The molecule has 5 nitrogen and oxygen atoms in total. The number of amides is 3. The van der Waals surface area contributed by atoms with Gasteiger partial charge in [0.05, 0.1) is 0 Å². The van der Waals surface area contributed by atoms with Crippen LogP contribution in [-0.2, 0) is 0 Å².